The second-order valence-electron chi connectivity index (χ2n) is 5.05. The van der Waals surface area contributed by atoms with Gasteiger partial charge in [0.1, 0.15) is 0 Å². The van der Waals surface area contributed by atoms with Gasteiger partial charge in [-0.15, -0.1) is 0 Å². The van der Waals surface area contributed by atoms with Crippen LogP contribution in [0, 0.1) is 5.92 Å². The molecule has 1 aromatic heterocycles. The van der Waals surface area contributed by atoms with Gasteiger partial charge in [0.2, 0.25) is 0 Å². The summed E-state index contributed by atoms with van der Waals surface area (Å²) >= 11 is 0. The van der Waals surface area contributed by atoms with Gasteiger partial charge in [-0.25, -0.2) is 0 Å². The smallest absolute Gasteiger partial charge is 0.159 e. The van der Waals surface area contributed by atoms with E-state index in [1.807, 2.05) is 13.2 Å². The van der Waals surface area contributed by atoms with E-state index >= 15 is 0 Å². The molecule has 5 nitrogen and oxygen atoms in total. The molecule has 5 heteroatoms. The standard InChI is InChI=1S/C13H26N4O/c1-11(9-14-2)8-12-13(18-5)10-15-17(12)7-6-16(3)4/h10-11,14H,6-9H2,1-5H3. The Kier molecular flexibility index (Phi) is 6.15. The molecule has 0 saturated heterocycles. The van der Waals surface area contributed by atoms with Crippen molar-refractivity contribution in [2.75, 3.05) is 41.3 Å². The van der Waals surface area contributed by atoms with Crippen molar-refractivity contribution >= 4 is 0 Å². The summed E-state index contributed by atoms with van der Waals surface area (Å²) in [5.41, 5.74) is 1.20. The Morgan fingerprint density at radius 1 is 1.50 bits per heavy atom. The van der Waals surface area contributed by atoms with Gasteiger partial charge < -0.3 is 15.0 Å². The van der Waals surface area contributed by atoms with Crippen LogP contribution < -0.4 is 10.1 Å². The van der Waals surface area contributed by atoms with Gasteiger partial charge >= 0.3 is 0 Å². The van der Waals surface area contributed by atoms with Crippen molar-refractivity contribution in [1.29, 1.82) is 0 Å². The molecule has 1 aromatic rings. The lowest BCUT2D eigenvalue weighted by Crippen LogP contribution is -2.23. The Morgan fingerprint density at radius 3 is 2.78 bits per heavy atom. The summed E-state index contributed by atoms with van der Waals surface area (Å²) in [6, 6.07) is 0. The predicted molar refractivity (Wildman–Crippen MR) is 74.1 cm³/mol. The molecule has 0 fully saturated rings. The first kappa shape index (κ1) is 15.0. The highest BCUT2D eigenvalue weighted by molar-refractivity contribution is 5.25. The third kappa shape index (κ3) is 4.31. The fourth-order valence-electron chi connectivity index (χ4n) is 2.01. The van der Waals surface area contributed by atoms with Crippen LogP contribution >= 0.6 is 0 Å². The SMILES string of the molecule is CNCC(C)Cc1c(OC)cnn1CCN(C)C. The lowest BCUT2D eigenvalue weighted by molar-refractivity contribution is 0.361. The molecule has 0 bridgehead atoms. The molecule has 0 saturated carbocycles. The molecule has 1 rings (SSSR count). The lowest BCUT2D eigenvalue weighted by atomic mass is 10.1. The van der Waals surface area contributed by atoms with Crippen molar-refractivity contribution in [2.24, 2.45) is 5.92 Å². The average molecular weight is 254 g/mol. The number of ether oxygens (including phenoxy) is 1. The number of nitrogens with zero attached hydrogens (tertiary/aromatic N) is 3. The van der Waals surface area contributed by atoms with Gasteiger partial charge in [0.05, 0.1) is 25.5 Å². The van der Waals surface area contributed by atoms with Crippen LogP contribution in [-0.2, 0) is 13.0 Å². The average Bonchev–Trinajstić information content (AvgIpc) is 2.69. The Balaban J connectivity index is 2.74. The quantitative estimate of drug-likeness (QED) is 0.747. The molecule has 0 aliphatic rings. The van der Waals surface area contributed by atoms with Gasteiger partial charge in [-0.1, -0.05) is 6.92 Å². The fourth-order valence-corrected chi connectivity index (χ4v) is 2.01. The summed E-state index contributed by atoms with van der Waals surface area (Å²) in [5.74, 6) is 1.47. The van der Waals surface area contributed by atoms with Crippen molar-refractivity contribution in [3.05, 3.63) is 11.9 Å². The van der Waals surface area contributed by atoms with E-state index in [2.05, 4.69) is 41.0 Å². The van der Waals surface area contributed by atoms with E-state index in [0.717, 1.165) is 31.8 Å². The monoisotopic (exact) mass is 254 g/mol. The van der Waals surface area contributed by atoms with Crippen LogP contribution in [0.15, 0.2) is 6.20 Å². The molecule has 0 spiro atoms. The zero-order valence-electron chi connectivity index (χ0n) is 12.2. The molecule has 1 unspecified atom stereocenters. The minimum atomic E-state index is 0.568. The van der Waals surface area contributed by atoms with Crippen molar-refractivity contribution in [1.82, 2.24) is 20.0 Å². The molecule has 1 N–H and O–H groups in total. The van der Waals surface area contributed by atoms with Gasteiger partial charge in [-0.2, -0.15) is 5.10 Å². The van der Waals surface area contributed by atoms with E-state index in [1.54, 1.807) is 7.11 Å². The van der Waals surface area contributed by atoms with E-state index in [0.29, 0.717) is 5.92 Å². The Hall–Kier alpha value is -1.07. The van der Waals surface area contributed by atoms with Crippen LogP contribution in [0.2, 0.25) is 0 Å². The molecule has 104 valence electrons. The normalized spacial score (nSPS) is 13.0. The predicted octanol–water partition coefficient (Wildman–Crippen LogP) is 0.851. The topological polar surface area (TPSA) is 42.3 Å². The number of rotatable bonds is 8. The van der Waals surface area contributed by atoms with Crippen molar-refractivity contribution in [2.45, 2.75) is 19.9 Å². The van der Waals surface area contributed by atoms with E-state index in [4.69, 9.17) is 4.74 Å². The Labute approximate surface area is 110 Å². The van der Waals surface area contributed by atoms with Gasteiger partial charge in [-0.3, -0.25) is 4.68 Å². The van der Waals surface area contributed by atoms with Crippen LogP contribution in [0.25, 0.3) is 0 Å². The number of nitrogens with one attached hydrogen (secondary N) is 1. The van der Waals surface area contributed by atoms with Gasteiger partial charge in [0.25, 0.3) is 0 Å². The lowest BCUT2D eigenvalue weighted by Gasteiger charge is -2.15. The van der Waals surface area contributed by atoms with Crippen LogP contribution in [0.1, 0.15) is 12.6 Å². The van der Waals surface area contributed by atoms with Crippen LogP contribution in [-0.4, -0.2) is 56.0 Å². The first-order chi connectivity index (χ1) is 8.58. The summed E-state index contributed by atoms with van der Waals surface area (Å²) in [7, 11) is 7.84. The number of likely N-dealkylation sites (N-methyl/N-ethyl adjacent to an activating group) is 1. The maximum absolute atomic E-state index is 5.39. The highest BCUT2D eigenvalue weighted by Crippen LogP contribution is 2.20. The van der Waals surface area contributed by atoms with Crippen molar-refractivity contribution in [3.8, 4) is 5.75 Å². The highest BCUT2D eigenvalue weighted by atomic mass is 16.5. The second kappa shape index (κ2) is 7.38. The largest absolute Gasteiger partial charge is 0.493 e. The van der Waals surface area contributed by atoms with Crippen LogP contribution in [0.3, 0.4) is 0 Å². The summed E-state index contributed by atoms with van der Waals surface area (Å²) in [5, 5.41) is 7.63. The second-order valence-corrected chi connectivity index (χ2v) is 5.05. The number of aromatic nitrogens is 2. The zero-order chi connectivity index (χ0) is 13.5. The molecule has 1 atom stereocenters. The molecule has 0 aromatic carbocycles. The Bertz CT molecular complexity index is 349. The van der Waals surface area contributed by atoms with E-state index in [1.165, 1.54) is 5.69 Å². The first-order valence-electron chi connectivity index (χ1n) is 6.46. The zero-order valence-corrected chi connectivity index (χ0v) is 12.2. The molecular formula is C13H26N4O. The number of hydrogen-bond donors (Lipinski definition) is 1. The van der Waals surface area contributed by atoms with Crippen molar-refractivity contribution in [3.63, 3.8) is 0 Å². The first-order valence-corrected chi connectivity index (χ1v) is 6.46. The minimum Gasteiger partial charge on any atom is -0.493 e. The molecule has 18 heavy (non-hydrogen) atoms. The number of hydrogen-bond acceptors (Lipinski definition) is 4. The molecular weight excluding hydrogens is 228 g/mol. The highest BCUT2D eigenvalue weighted by Gasteiger charge is 2.14. The maximum atomic E-state index is 5.39. The molecule has 0 aliphatic heterocycles. The van der Waals surface area contributed by atoms with E-state index < -0.39 is 0 Å². The Morgan fingerprint density at radius 2 is 2.22 bits per heavy atom. The van der Waals surface area contributed by atoms with Crippen LogP contribution in [0.5, 0.6) is 5.75 Å². The fraction of sp³-hybridized carbons (Fsp3) is 0.769. The summed E-state index contributed by atoms with van der Waals surface area (Å²) < 4.78 is 7.45. The third-order valence-corrected chi connectivity index (χ3v) is 2.98. The van der Waals surface area contributed by atoms with Gasteiger partial charge in [0.15, 0.2) is 5.75 Å². The minimum absolute atomic E-state index is 0.568. The third-order valence-electron chi connectivity index (χ3n) is 2.98. The van der Waals surface area contributed by atoms with Crippen molar-refractivity contribution < 1.29 is 4.74 Å². The molecule has 0 amide bonds. The van der Waals surface area contributed by atoms with E-state index in [-0.39, 0.29) is 0 Å². The summed E-state index contributed by atoms with van der Waals surface area (Å²) in [6.07, 6.45) is 2.80. The summed E-state index contributed by atoms with van der Waals surface area (Å²) in [6.45, 7) is 5.12. The molecule has 1 heterocycles. The van der Waals surface area contributed by atoms with Crippen LogP contribution in [0.4, 0.5) is 0 Å². The van der Waals surface area contributed by atoms with E-state index in [9.17, 15) is 0 Å². The number of methoxy groups -OCH3 is 1. The van der Waals surface area contributed by atoms with Gasteiger partial charge in [0, 0.05) is 6.54 Å². The molecule has 0 radical (unpaired) electrons. The summed E-state index contributed by atoms with van der Waals surface area (Å²) in [4.78, 5) is 2.16. The van der Waals surface area contributed by atoms with Gasteiger partial charge in [-0.05, 0) is 40.0 Å². The molecule has 0 aliphatic carbocycles. The maximum Gasteiger partial charge on any atom is 0.159 e.